The smallest absolute Gasteiger partial charge is 0.313 e. The van der Waals surface area contributed by atoms with E-state index in [4.69, 9.17) is 5.11 Å². The lowest BCUT2D eigenvalue weighted by molar-refractivity contribution is -0.133. The summed E-state index contributed by atoms with van der Waals surface area (Å²) in [6.07, 6.45) is 0. The van der Waals surface area contributed by atoms with Gasteiger partial charge in [0.25, 0.3) is 5.91 Å². The Morgan fingerprint density at radius 2 is 2.19 bits per heavy atom. The van der Waals surface area contributed by atoms with Gasteiger partial charge in [0, 0.05) is 5.56 Å². The van der Waals surface area contributed by atoms with Gasteiger partial charge in [0.2, 0.25) is 5.13 Å². The van der Waals surface area contributed by atoms with Crippen LogP contribution in [0.2, 0.25) is 0 Å². The molecular weight excluding hydrogens is 317 g/mol. The Morgan fingerprint density at radius 3 is 2.86 bits per heavy atom. The second-order valence-electron chi connectivity index (χ2n) is 3.97. The fourth-order valence-corrected chi connectivity index (χ4v) is 2.86. The van der Waals surface area contributed by atoms with Crippen molar-refractivity contribution in [3.8, 4) is 0 Å². The molecule has 0 unspecified atom stereocenters. The Morgan fingerprint density at radius 1 is 1.43 bits per heavy atom. The van der Waals surface area contributed by atoms with Crippen molar-refractivity contribution in [2.45, 2.75) is 11.3 Å². The lowest BCUT2D eigenvalue weighted by Gasteiger charge is -2.02. The van der Waals surface area contributed by atoms with Crippen molar-refractivity contribution >= 4 is 40.1 Å². The first-order chi connectivity index (χ1) is 9.95. The van der Waals surface area contributed by atoms with Crippen LogP contribution in [0.3, 0.4) is 0 Å². The van der Waals surface area contributed by atoms with E-state index in [9.17, 15) is 14.0 Å². The van der Waals surface area contributed by atoms with Crippen LogP contribution in [0, 0.1) is 12.7 Å². The molecule has 1 amide bonds. The van der Waals surface area contributed by atoms with Gasteiger partial charge < -0.3 is 5.11 Å². The molecule has 2 N–H and O–H groups in total. The number of aliphatic carboxylic acids is 1. The van der Waals surface area contributed by atoms with Crippen LogP contribution >= 0.6 is 23.1 Å². The van der Waals surface area contributed by atoms with Crippen molar-refractivity contribution in [2.24, 2.45) is 0 Å². The number of thioether (sulfide) groups is 1. The molecule has 1 aromatic carbocycles. The highest BCUT2D eigenvalue weighted by atomic mass is 32.2. The van der Waals surface area contributed by atoms with Crippen molar-refractivity contribution < 1.29 is 19.1 Å². The zero-order chi connectivity index (χ0) is 15.4. The molecule has 21 heavy (non-hydrogen) atoms. The first-order valence-electron chi connectivity index (χ1n) is 5.71. The second-order valence-corrected chi connectivity index (χ2v) is 6.17. The van der Waals surface area contributed by atoms with E-state index in [1.807, 2.05) is 0 Å². The largest absolute Gasteiger partial charge is 0.481 e. The normalized spacial score (nSPS) is 10.4. The number of nitrogens with one attached hydrogen (secondary N) is 1. The molecule has 0 aliphatic carbocycles. The van der Waals surface area contributed by atoms with Crippen LogP contribution in [0.25, 0.3) is 0 Å². The predicted octanol–water partition coefficient (Wildman–Crippen LogP) is 2.41. The summed E-state index contributed by atoms with van der Waals surface area (Å²) in [5.74, 6) is -1.89. The third-order valence-electron chi connectivity index (χ3n) is 2.37. The fraction of sp³-hybridized carbons (Fsp3) is 0.167. The van der Waals surface area contributed by atoms with Crippen LogP contribution in [0.5, 0.6) is 0 Å². The highest BCUT2D eigenvalue weighted by Crippen LogP contribution is 2.25. The van der Waals surface area contributed by atoms with Gasteiger partial charge in [0.15, 0.2) is 4.34 Å². The number of aryl methyl sites for hydroxylation is 1. The zero-order valence-electron chi connectivity index (χ0n) is 10.8. The monoisotopic (exact) mass is 327 g/mol. The summed E-state index contributed by atoms with van der Waals surface area (Å²) >= 11 is 2.10. The lowest BCUT2D eigenvalue weighted by Crippen LogP contribution is -2.12. The second kappa shape index (κ2) is 6.64. The highest BCUT2D eigenvalue weighted by Gasteiger charge is 2.12. The zero-order valence-corrected chi connectivity index (χ0v) is 12.4. The van der Waals surface area contributed by atoms with Crippen LogP contribution in [0.1, 0.15) is 15.9 Å². The summed E-state index contributed by atoms with van der Waals surface area (Å²) in [7, 11) is 0. The molecule has 0 atom stereocenters. The molecule has 110 valence electrons. The Labute approximate surface area is 127 Å². The number of rotatable bonds is 5. The van der Waals surface area contributed by atoms with Crippen LogP contribution in [0.4, 0.5) is 9.52 Å². The Bertz CT molecular complexity index is 690. The number of hydrogen-bond donors (Lipinski definition) is 2. The highest BCUT2D eigenvalue weighted by molar-refractivity contribution is 8.01. The van der Waals surface area contributed by atoms with E-state index in [0.29, 0.717) is 15.5 Å². The first-order valence-corrected chi connectivity index (χ1v) is 7.51. The summed E-state index contributed by atoms with van der Waals surface area (Å²) in [6.45, 7) is 1.57. The molecule has 0 saturated heterocycles. The topological polar surface area (TPSA) is 92.2 Å². The number of carboxylic acids is 1. The van der Waals surface area contributed by atoms with Crippen molar-refractivity contribution in [3.63, 3.8) is 0 Å². The quantitative estimate of drug-likeness (QED) is 0.647. The number of benzene rings is 1. The van der Waals surface area contributed by atoms with Crippen LogP contribution < -0.4 is 5.32 Å². The molecule has 1 heterocycles. The Balaban J connectivity index is 2.02. The molecular formula is C12H10FN3O3S2. The van der Waals surface area contributed by atoms with Crippen LogP contribution in [-0.2, 0) is 4.79 Å². The number of nitrogens with zero attached hydrogens (tertiary/aromatic N) is 2. The van der Waals surface area contributed by atoms with Gasteiger partial charge in [-0.2, -0.15) is 0 Å². The summed E-state index contributed by atoms with van der Waals surface area (Å²) in [4.78, 5) is 22.4. The Hall–Kier alpha value is -2.00. The standard InChI is InChI=1S/C12H10FN3O3S2/c1-6-4-7(2-3-8(6)13)10(19)14-11-15-16-12(21-11)20-5-9(17)18/h2-4H,5H2,1H3,(H,17,18)(H,14,15,19). The minimum Gasteiger partial charge on any atom is -0.481 e. The SMILES string of the molecule is Cc1cc(C(=O)Nc2nnc(SCC(=O)O)s2)ccc1F. The molecule has 0 radical (unpaired) electrons. The van der Waals surface area contributed by atoms with E-state index < -0.39 is 11.9 Å². The summed E-state index contributed by atoms with van der Waals surface area (Å²) in [5.41, 5.74) is 0.682. The molecule has 0 spiro atoms. The van der Waals surface area contributed by atoms with Crippen LogP contribution in [0.15, 0.2) is 22.5 Å². The molecule has 2 rings (SSSR count). The molecule has 2 aromatic rings. The molecule has 0 aliphatic rings. The number of halogens is 1. The van der Waals surface area contributed by atoms with Gasteiger partial charge >= 0.3 is 5.97 Å². The molecule has 0 fully saturated rings. The van der Waals surface area contributed by atoms with E-state index in [1.54, 1.807) is 6.92 Å². The number of anilines is 1. The molecule has 0 saturated carbocycles. The van der Waals surface area contributed by atoms with Gasteiger partial charge in [-0.05, 0) is 30.7 Å². The summed E-state index contributed by atoms with van der Waals surface area (Å²) in [5, 5.41) is 18.9. The number of carboxylic acid groups (broad SMARTS) is 1. The maximum absolute atomic E-state index is 13.1. The third kappa shape index (κ3) is 4.23. The minimum absolute atomic E-state index is 0.125. The van der Waals surface area contributed by atoms with E-state index in [2.05, 4.69) is 15.5 Å². The minimum atomic E-state index is -0.956. The van der Waals surface area contributed by atoms with Gasteiger partial charge in [-0.3, -0.25) is 14.9 Å². The number of carbonyl (C=O) groups is 2. The van der Waals surface area contributed by atoms with Crippen molar-refractivity contribution in [3.05, 3.63) is 35.1 Å². The molecule has 1 aromatic heterocycles. The van der Waals surface area contributed by atoms with Crippen molar-refractivity contribution in [1.82, 2.24) is 10.2 Å². The van der Waals surface area contributed by atoms with Gasteiger partial charge in [-0.25, -0.2) is 4.39 Å². The molecule has 6 nitrogen and oxygen atoms in total. The van der Waals surface area contributed by atoms with E-state index in [1.165, 1.54) is 18.2 Å². The average molecular weight is 327 g/mol. The number of amides is 1. The molecule has 0 bridgehead atoms. The van der Waals surface area contributed by atoms with Crippen LogP contribution in [-0.4, -0.2) is 32.9 Å². The number of carbonyl (C=O) groups excluding carboxylic acids is 1. The van der Waals surface area contributed by atoms with Gasteiger partial charge in [0.1, 0.15) is 5.82 Å². The van der Waals surface area contributed by atoms with Crippen molar-refractivity contribution in [2.75, 3.05) is 11.1 Å². The maximum atomic E-state index is 13.1. The first kappa shape index (κ1) is 15.4. The molecule has 0 aliphatic heterocycles. The number of hydrogen-bond acceptors (Lipinski definition) is 6. The third-order valence-corrected chi connectivity index (χ3v) is 4.32. The molecule has 9 heteroatoms. The van der Waals surface area contributed by atoms with Gasteiger partial charge in [-0.15, -0.1) is 10.2 Å². The van der Waals surface area contributed by atoms with E-state index in [0.717, 1.165) is 23.1 Å². The number of aromatic nitrogens is 2. The summed E-state index contributed by atoms with van der Waals surface area (Å²) in [6, 6.07) is 4.03. The van der Waals surface area contributed by atoms with Gasteiger partial charge in [-0.1, -0.05) is 23.1 Å². The maximum Gasteiger partial charge on any atom is 0.313 e. The average Bonchev–Trinajstić information content (AvgIpc) is 2.87. The predicted molar refractivity (Wildman–Crippen MR) is 77.4 cm³/mol. The van der Waals surface area contributed by atoms with E-state index >= 15 is 0 Å². The van der Waals surface area contributed by atoms with Gasteiger partial charge in [0.05, 0.1) is 5.75 Å². The summed E-state index contributed by atoms with van der Waals surface area (Å²) < 4.78 is 13.6. The fourth-order valence-electron chi connectivity index (χ4n) is 1.40. The Kier molecular flexibility index (Phi) is 4.86. The van der Waals surface area contributed by atoms with Crippen molar-refractivity contribution in [1.29, 1.82) is 0 Å². The van der Waals surface area contributed by atoms with E-state index in [-0.39, 0.29) is 16.7 Å². The lowest BCUT2D eigenvalue weighted by atomic mass is 10.1.